The largest absolute Gasteiger partial charge is 0.494 e. The van der Waals surface area contributed by atoms with Crippen LogP contribution < -0.4 is 10.2 Å². The zero-order valence-corrected chi connectivity index (χ0v) is 18.8. The van der Waals surface area contributed by atoms with E-state index in [0.717, 1.165) is 46.8 Å². The van der Waals surface area contributed by atoms with Gasteiger partial charge in [-0.05, 0) is 55.3 Å². The molecule has 6 nitrogen and oxygen atoms in total. The number of nitrogens with one attached hydrogen (secondary N) is 2. The Morgan fingerprint density at radius 1 is 1.10 bits per heavy atom. The summed E-state index contributed by atoms with van der Waals surface area (Å²) in [7, 11) is 0. The first-order chi connectivity index (χ1) is 14.6. The SMILES string of the molecule is CCCCCCOc1ccc(-c2nc3ccc(C4(C)C=NNC(=O)C4)cc3[nH]2)cc1.Cl. The number of aromatic amines is 1. The standard InChI is InChI=1S/C24H28N4O2.ClH/c1-3-4-5-6-13-30-19-10-7-17(8-11-19)23-26-20-12-9-18(14-21(20)27-23)24(2)15-22(29)28-25-16-24;/h7-12,14,16H,3-6,13,15H2,1-2H3,(H,26,27)(H,28,29);1H. The van der Waals surface area contributed by atoms with Crippen LogP contribution in [0.15, 0.2) is 47.6 Å². The lowest BCUT2D eigenvalue weighted by Gasteiger charge is -2.27. The fraction of sp³-hybridized carbons (Fsp3) is 0.375. The molecule has 1 aliphatic heterocycles. The Morgan fingerprint density at radius 2 is 1.90 bits per heavy atom. The van der Waals surface area contributed by atoms with Gasteiger partial charge in [-0.3, -0.25) is 4.79 Å². The molecule has 7 heteroatoms. The minimum atomic E-state index is -0.419. The number of halogens is 1. The van der Waals surface area contributed by atoms with E-state index in [2.05, 4.69) is 28.5 Å². The summed E-state index contributed by atoms with van der Waals surface area (Å²) in [4.78, 5) is 19.9. The molecule has 0 aliphatic carbocycles. The van der Waals surface area contributed by atoms with Gasteiger partial charge in [0.25, 0.3) is 0 Å². The van der Waals surface area contributed by atoms with Gasteiger partial charge in [0.1, 0.15) is 11.6 Å². The molecule has 31 heavy (non-hydrogen) atoms. The number of amides is 1. The lowest BCUT2D eigenvalue weighted by molar-refractivity contribution is -0.122. The van der Waals surface area contributed by atoms with Crippen LogP contribution >= 0.6 is 12.4 Å². The van der Waals surface area contributed by atoms with Gasteiger partial charge in [-0.25, -0.2) is 10.4 Å². The first-order valence-corrected chi connectivity index (χ1v) is 10.6. The number of imidazole rings is 1. The molecule has 0 bridgehead atoms. The molecule has 0 spiro atoms. The molecule has 1 unspecified atom stereocenters. The van der Waals surface area contributed by atoms with E-state index >= 15 is 0 Å². The first-order valence-electron chi connectivity index (χ1n) is 10.6. The third-order valence-corrected chi connectivity index (χ3v) is 5.60. The fourth-order valence-electron chi connectivity index (χ4n) is 3.77. The molecule has 0 saturated heterocycles. The Labute approximate surface area is 188 Å². The Morgan fingerprint density at radius 3 is 2.65 bits per heavy atom. The van der Waals surface area contributed by atoms with Gasteiger partial charge in [-0.2, -0.15) is 5.10 Å². The van der Waals surface area contributed by atoms with Crippen LogP contribution in [-0.4, -0.2) is 28.7 Å². The number of fused-ring (bicyclic) bond motifs is 1. The number of aromatic nitrogens is 2. The summed E-state index contributed by atoms with van der Waals surface area (Å²) in [5.41, 5.74) is 5.96. The van der Waals surface area contributed by atoms with Gasteiger partial charge in [0, 0.05) is 23.6 Å². The summed E-state index contributed by atoms with van der Waals surface area (Å²) < 4.78 is 5.83. The fourth-order valence-corrected chi connectivity index (χ4v) is 3.77. The van der Waals surface area contributed by atoms with E-state index in [1.165, 1.54) is 19.3 Å². The highest BCUT2D eigenvalue weighted by Gasteiger charge is 2.31. The predicted molar refractivity (Wildman–Crippen MR) is 127 cm³/mol. The van der Waals surface area contributed by atoms with Crippen LogP contribution in [0.5, 0.6) is 5.75 Å². The normalized spacial score (nSPS) is 17.9. The third-order valence-electron chi connectivity index (χ3n) is 5.60. The quantitative estimate of drug-likeness (QED) is 0.462. The van der Waals surface area contributed by atoms with Crippen LogP contribution in [0.3, 0.4) is 0 Å². The molecular weight excluding hydrogens is 412 g/mol. The van der Waals surface area contributed by atoms with E-state index in [0.29, 0.717) is 6.42 Å². The van der Waals surface area contributed by atoms with Crippen molar-refractivity contribution in [3.63, 3.8) is 0 Å². The highest BCUT2D eigenvalue weighted by Crippen LogP contribution is 2.31. The van der Waals surface area contributed by atoms with Gasteiger partial charge in [0.15, 0.2) is 0 Å². The van der Waals surface area contributed by atoms with E-state index in [4.69, 9.17) is 9.72 Å². The average Bonchev–Trinajstić information content (AvgIpc) is 3.17. The zero-order valence-electron chi connectivity index (χ0n) is 18.0. The monoisotopic (exact) mass is 440 g/mol. The van der Waals surface area contributed by atoms with Crippen molar-refractivity contribution in [3.8, 4) is 17.1 Å². The molecule has 4 rings (SSSR count). The highest BCUT2D eigenvalue weighted by molar-refractivity contribution is 5.90. The number of hydrogen-bond acceptors (Lipinski definition) is 4. The number of carbonyl (C=O) groups excluding carboxylic acids is 1. The molecule has 0 radical (unpaired) electrons. The molecule has 3 aromatic rings. The van der Waals surface area contributed by atoms with Crippen LogP contribution in [0.4, 0.5) is 0 Å². The van der Waals surface area contributed by atoms with Gasteiger partial charge in [-0.15, -0.1) is 12.4 Å². The van der Waals surface area contributed by atoms with E-state index in [-0.39, 0.29) is 18.3 Å². The number of nitrogens with zero attached hydrogens (tertiary/aromatic N) is 2. The molecule has 1 aromatic heterocycles. The van der Waals surface area contributed by atoms with Crippen LogP contribution in [-0.2, 0) is 10.2 Å². The van der Waals surface area contributed by atoms with E-state index < -0.39 is 5.41 Å². The lowest BCUT2D eigenvalue weighted by Crippen LogP contribution is -2.37. The van der Waals surface area contributed by atoms with Crippen molar-refractivity contribution < 1.29 is 9.53 Å². The number of rotatable bonds is 8. The van der Waals surface area contributed by atoms with Crippen molar-refractivity contribution >= 4 is 35.6 Å². The highest BCUT2D eigenvalue weighted by atomic mass is 35.5. The van der Waals surface area contributed by atoms with Crippen LogP contribution in [0, 0.1) is 0 Å². The van der Waals surface area contributed by atoms with Crippen molar-refractivity contribution in [1.82, 2.24) is 15.4 Å². The molecule has 1 aliphatic rings. The second-order valence-corrected chi connectivity index (χ2v) is 8.14. The summed E-state index contributed by atoms with van der Waals surface area (Å²) in [5, 5.41) is 4.00. The molecule has 0 fully saturated rings. The Kier molecular flexibility index (Phi) is 7.33. The Balaban J connectivity index is 0.00000272. The third kappa shape index (κ3) is 5.25. The number of hydrogen-bond donors (Lipinski definition) is 2. The summed E-state index contributed by atoms with van der Waals surface area (Å²) in [6.07, 6.45) is 6.97. The summed E-state index contributed by atoms with van der Waals surface area (Å²) in [5.74, 6) is 1.63. The van der Waals surface area contributed by atoms with Gasteiger partial charge in [-0.1, -0.05) is 32.3 Å². The van der Waals surface area contributed by atoms with Crippen molar-refractivity contribution in [1.29, 1.82) is 0 Å². The molecule has 1 amide bonds. The topological polar surface area (TPSA) is 79.4 Å². The molecule has 2 aromatic carbocycles. The van der Waals surface area contributed by atoms with Crippen LogP contribution in [0.1, 0.15) is 51.5 Å². The second-order valence-electron chi connectivity index (χ2n) is 8.14. The summed E-state index contributed by atoms with van der Waals surface area (Å²) in [6.45, 7) is 4.99. The summed E-state index contributed by atoms with van der Waals surface area (Å²) in [6, 6.07) is 14.1. The molecule has 164 valence electrons. The number of ether oxygens (including phenoxy) is 1. The summed E-state index contributed by atoms with van der Waals surface area (Å²) >= 11 is 0. The van der Waals surface area contributed by atoms with Gasteiger partial charge >= 0.3 is 0 Å². The first kappa shape index (κ1) is 22.8. The van der Waals surface area contributed by atoms with Crippen molar-refractivity contribution in [2.75, 3.05) is 6.61 Å². The predicted octanol–water partition coefficient (Wildman–Crippen LogP) is 5.37. The van der Waals surface area contributed by atoms with Gasteiger partial charge in [0.05, 0.1) is 17.6 Å². The van der Waals surface area contributed by atoms with Crippen LogP contribution in [0.25, 0.3) is 22.4 Å². The maximum atomic E-state index is 11.8. The number of unbranched alkanes of at least 4 members (excludes halogenated alkanes) is 3. The van der Waals surface area contributed by atoms with Gasteiger partial charge in [0.2, 0.25) is 5.91 Å². The molecular formula is C24H29ClN4O2. The van der Waals surface area contributed by atoms with Crippen molar-refractivity contribution in [2.45, 2.75) is 51.4 Å². The maximum absolute atomic E-state index is 11.8. The van der Waals surface area contributed by atoms with Crippen LogP contribution in [0.2, 0.25) is 0 Å². The average molecular weight is 441 g/mol. The van der Waals surface area contributed by atoms with E-state index in [9.17, 15) is 4.79 Å². The molecule has 1 atom stereocenters. The van der Waals surface area contributed by atoms with Gasteiger partial charge < -0.3 is 9.72 Å². The van der Waals surface area contributed by atoms with Crippen molar-refractivity contribution in [2.24, 2.45) is 5.10 Å². The molecule has 0 saturated carbocycles. The zero-order chi connectivity index (χ0) is 21.0. The lowest BCUT2D eigenvalue weighted by atomic mass is 9.79. The molecule has 2 heterocycles. The minimum absolute atomic E-state index is 0. The van der Waals surface area contributed by atoms with Crippen molar-refractivity contribution in [3.05, 3.63) is 48.0 Å². The van der Waals surface area contributed by atoms with E-state index in [1.807, 2.05) is 43.3 Å². The van der Waals surface area contributed by atoms with E-state index in [1.54, 1.807) is 6.21 Å². The second kappa shape index (κ2) is 9.96. The number of H-pyrrole nitrogens is 1. The number of carbonyl (C=O) groups is 1. The Bertz CT molecular complexity index is 1060. The molecule has 2 N–H and O–H groups in total. The number of hydrazone groups is 1. The Hall–Kier alpha value is -2.86. The maximum Gasteiger partial charge on any atom is 0.241 e. The smallest absolute Gasteiger partial charge is 0.241 e. The number of benzene rings is 2. The minimum Gasteiger partial charge on any atom is -0.494 e.